The van der Waals surface area contributed by atoms with Crippen molar-refractivity contribution in [3.05, 3.63) is 23.8 Å². The van der Waals surface area contributed by atoms with Gasteiger partial charge in [-0.25, -0.2) is 0 Å². The number of carboxylic acid groups (broad SMARTS) is 1. The molecular formula is C9H11NO3. The average molecular weight is 181 g/mol. The van der Waals surface area contributed by atoms with E-state index in [0.29, 0.717) is 5.69 Å². The standard InChI is InChI=1S/C9H11NO3/c1-6-2-3-7(11)4-8(6)10-5-9(12)13/h2-4,10-11H,5H2,1H3,(H,12,13). The van der Waals surface area contributed by atoms with Crippen molar-refractivity contribution in [3.63, 3.8) is 0 Å². The maximum atomic E-state index is 10.2. The lowest BCUT2D eigenvalue weighted by Gasteiger charge is -2.07. The molecular weight excluding hydrogens is 170 g/mol. The van der Waals surface area contributed by atoms with Crippen LogP contribution in [-0.2, 0) is 4.79 Å². The molecule has 0 fully saturated rings. The first-order chi connectivity index (χ1) is 6.09. The Morgan fingerprint density at radius 2 is 2.23 bits per heavy atom. The highest BCUT2D eigenvalue weighted by atomic mass is 16.4. The fraction of sp³-hybridized carbons (Fsp3) is 0.222. The third-order valence-electron chi connectivity index (χ3n) is 1.65. The maximum absolute atomic E-state index is 10.2. The van der Waals surface area contributed by atoms with E-state index in [-0.39, 0.29) is 12.3 Å². The lowest BCUT2D eigenvalue weighted by atomic mass is 10.2. The molecule has 13 heavy (non-hydrogen) atoms. The molecule has 4 nitrogen and oxygen atoms in total. The number of hydrogen-bond donors (Lipinski definition) is 3. The van der Waals surface area contributed by atoms with E-state index in [2.05, 4.69) is 5.32 Å². The van der Waals surface area contributed by atoms with Gasteiger partial charge in [0.05, 0.1) is 0 Å². The molecule has 0 aliphatic heterocycles. The minimum atomic E-state index is -0.928. The van der Waals surface area contributed by atoms with Crippen molar-refractivity contribution < 1.29 is 15.0 Å². The van der Waals surface area contributed by atoms with E-state index in [0.717, 1.165) is 5.56 Å². The predicted octanol–water partition coefficient (Wildman–Crippen LogP) is 1.20. The maximum Gasteiger partial charge on any atom is 0.322 e. The van der Waals surface area contributed by atoms with Crippen LogP contribution >= 0.6 is 0 Å². The van der Waals surface area contributed by atoms with Gasteiger partial charge < -0.3 is 15.5 Å². The van der Waals surface area contributed by atoms with E-state index >= 15 is 0 Å². The van der Waals surface area contributed by atoms with Gasteiger partial charge in [-0.05, 0) is 18.6 Å². The number of rotatable bonds is 3. The number of aliphatic carboxylic acids is 1. The van der Waals surface area contributed by atoms with E-state index in [1.165, 1.54) is 6.07 Å². The van der Waals surface area contributed by atoms with Crippen LogP contribution < -0.4 is 5.32 Å². The van der Waals surface area contributed by atoms with Crippen molar-refractivity contribution in [3.8, 4) is 5.75 Å². The zero-order chi connectivity index (χ0) is 9.84. The number of aryl methyl sites for hydroxylation is 1. The summed E-state index contributed by atoms with van der Waals surface area (Å²) < 4.78 is 0. The van der Waals surface area contributed by atoms with Crippen LogP contribution in [0.4, 0.5) is 5.69 Å². The molecule has 0 bridgehead atoms. The van der Waals surface area contributed by atoms with Crippen molar-refractivity contribution in [2.45, 2.75) is 6.92 Å². The minimum Gasteiger partial charge on any atom is -0.508 e. The molecule has 0 heterocycles. The first-order valence-electron chi connectivity index (χ1n) is 3.85. The van der Waals surface area contributed by atoms with Crippen molar-refractivity contribution in [2.24, 2.45) is 0 Å². The van der Waals surface area contributed by atoms with Gasteiger partial charge in [0.25, 0.3) is 0 Å². The summed E-state index contributed by atoms with van der Waals surface area (Å²) in [6.45, 7) is 1.69. The molecule has 0 atom stereocenters. The smallest absolute Gasteiger partial charge is 0.322 e. The highest BCUT2D eigenvalue weighted by molar-refractivity contribution is 5.73. The van der Waals surface area contributed by atoms with Gasteiger partial charge in [-0.15, -0.1) is 0 Å². The molecule has 1 rings (SSSR count). The van der Waals surface area contributed by atoms with E-state index in [1.807, 2.05) is 6.92 Å². The van der Waals surface area contributed by atoms with E-state index in [4.69, 9.17) is 10.2 Å². The second-order valence-corrected chi connectivity index (χ2v) is 2.75. The van der Waals surface area contributed by atoms with E-state index < -0.39 is 5.97 Å². The molecule has 70 valence electrons. The third kappa shape index (κ3) is 2.66. The molecule has 0 aliphatic rings. The Morgan fingerprint density at radius 1 is 1.54 bits per heavy atom. The Kier molecular flexibility index (Phi) is 2.74. The van der Waals surface area contributed by atoms with Gasteiger partial charge in [0.15, 0.2) is 0 Å². The second-order valence-electron chi connectivity index (χ2n) is 2.75. The van der Waals surface area contributed by atoms with Crippen LogP contribution in [0, 0.1) is 6.92 Å². The lowest BCUT2D eigenvalue weighted by molar-refractivity contribution is -0.134. The molecule has 0 aliphatic carbocycles. The van der Waals surface area contributed by atoms with Gasteiger partial charge in [0.1, 0.15) is 12.3 Å². The van der Waals surface area contributed by atoms with Crippen molar-refractivity contribution in [1.82, 2.24) is 0 Å². The van der Waals surface area contributed by atoms with Crippen LogP contribution in [0.25, 0.3) is 0 Å². The summed E-state index contributed by atoms with van der Waals surface area (Å²) in [5, 5.41) is 20.2. The lowest BCUT2D eigenvalue weighted by Crippen LogP contribution is -2.12. The molecule has 0 radical (unpaired) electrons. The quantitative estimate of drug-likeness (QED) is 0.655. The van der Waals surface area contributed by atoms with Gasteiger partial charge in [-0.3, -0.25) is 4.79 Å². The Hall–Kier alpha value is -1.71. The van der Waals surface area contributed by atoms with Crippen LogP contribution in [0.2, 0.25) is 0 Å². The number of anilines is 1. The van der Waals surface area contributed by atoms with Gasteiger partial charge in [-0.1, -0.05) is 6.07 Å². The average Bonchev–Trinajstić information content (AvgIpc) is 2.06. The number of phenols is 1. The molecule has 0 amide bonds. The summed E-state index contributed by atoms with van der Waals surface area (Å²) in [7, 11) is 0. The molecule has 0 unspecified atom stereocenters. The minimum absolute atomic E-state index is 0.124. The van der Waals surface area contributed by atoms with Crippen molar-refractivity contribution in [2.75, 3.05) is 11.9 Å². The monoisotopic (exact) mass is 181 g/mol. The van der Waals surface area contributed by atoms with Crippen LogP contribution in [0.1, 0.15) is 5.56 Å². The zero-order valence-electron chi connectivity index (χ0n) is 7.24. The molecule has 1 aromatic carbocycles. The zero-order valence-corrected chi connectivity index (χ0v) is 7.24. The SMILES string of the molecule is Cc1ccc(O)cc1NCC(=O)O. The second kappa shape index (κ2) is 3.80. The number of aromatic hydroxyl groups is 1. The van der Waals surface area contributed by atoms with Crippen LogP contribution in [-0.4, -0.2) is 22.7 Å². The normalized spacial score (nSPS) is 9.62. The Balaban J connectivity index is 2.75. The number of carbonyl (C=O) groups is 1. The number of carboxylic acids is 1. The summed E-state index contributed by atoms with van der Waals surface area (Å²) in [6, 6.07) is 4.78. The highest BCUT2D eigenvalue weighted by Crippen LogP contribution is 2.20. The number of hydrogen-bond acceptors (Lipinski definition) is 3. The van der Waals surface area contributed by atoms with Gasteiger partial charge in [0.2, 0.25) is 0 Å². The molecule has 0 spiro atoms. The highest BCUT2D eigenvalue weighted by Gasteiger charge is 2.01. The summed E-state index contributed by atoms with van der Waals surface area (Å²) in [6.07, 6.45) is 0. The molecule has 1 aromatic rings. The summed E-state index contributed by atoms with van der Waals surface area (Å²) in [4.78, 5) is 10.2. The molecule has 0 aromatic heterocycles. The summed E-state index contributed by atoms with van der Waals surface area (Å²) in [5.41, 5.74) is 1.54. The third-order valence-corrected chi connectivity index (χ3v) is 1.65. The van der Waals surface area contributed by atoms with Crippen LogP contribution in [0.5, 0.6) is 5.75 Å². The predicted molar refractivity (Wildman–Crippen MR) is 49.0 cm³/mol. The largest absolute Gasteiger partial charge is 0.508 e. The van der Waals surface area contributed by atoms with E-state index in [9.17, 15) is 4.79 Å². The number of benzene rings is 1. The van der Waals surface area contributed by atoms with Gasteiger partial charge in [0, 0.05) is 11.8 Å². The fourth-order valence-corrected chi connectivity index (χ4v) is 0.971. The molecule has 0 saturated carbocycles. The molecule has 3 N–H and O–H groups in total. The van der Waals surface area contributed by atoms with Crippen LogP contribution in [0.15, 0.2) is 18.2 Å². The fourth-order valence-electron chi connectivity index (χ4n) is 0.971. The Labute approximate surface area is 75.8 Å². The van der Waals surface area contributed by atoms with Crippen molar-refractivity contribution in [1.29, 1.82) is 0 Å². The topological polar surface area (TPSA) is 69.6 Å². The Morgan fingerprint density at radius 3 is 2.85 bits per heavy atom. The first kappa shape index (κ1) is 9.38. The molecule has 0 saturated heterocycles. The summed E-state index contributed by atoms with van der Waals surface area (Å²) >= 11 is 0. The van der Waals surface area contributed by atoms with Crippen LogP contribution in [0.3, 0.4) is 0 Å². The Bertz CT molecular complexity index is 323. The number of nitrogens with one attached hydrogen (secondary N) is 1. The first-order valence-corrected chi connectivity index (χ1v) is 3.85. The molecule has 4 heteroatoms. The van der Waals surface area contributed by atoms with Gasteiger partial charge in [-0.2, -0.15) is 0 Å². The summed E-state index contributed by atoms with van der Waals surface area (Å²) in [5.74, 6) is -0.804. The number of phenolic OH excluding ortho intramolecular Hbond substituents is 1. The van der Waals surface area contributed by atoms with Crippen molar-refractivity contribution >= 4 is 11.7 Å². The van der Waals surface area contributed by atoms with Gasteiger partial charge >= 0.3 is 5.97 Å². The van der Waals surface area contributed by atoms with E-state index in [1.54, 1.807) is 12.1 Å².